The predicted molar refractivity (Wildman–Crippen MR) is 122 cm³/mol. The second-order valence-corrected chi connectivity index (χ2v) is 8.24. The van der Waals surface area contributed by atoms with E-state index in [-0.39, 0.29) is 17.5 Å². The third-order valence-corrected chi connectivity index (χ3v) is 6.08. The van der Waals surface area contributed by atoms with Gasteiger partial charge in [0.15, 0.2) is 5.78 Å². The van der Waals surface area contributed by atoms with Crippen LogP contribution in [0.3, 0.4) is 0 Å². The summed E-state index contributed by atoms with van der Waals surface area (Å²) in [6.45, 7) is 6.18. The first-order valence-electron chi connectivity index (χ1n) is 10.7. The van der Waals surface area contributed by atoms with Gasteiger partial charge in [0.05, 0.1) is 18.2 Å². The van der Waals surface area contributed by atoms with Crippen molar-refractivity contribution in [2.45, 2.75) is 26.4 Å². The molecule has 0 bridgehead atoms. The van der Waals surface area contributed by atoms with Gasteiger partial charge in [-0.25, -0.2) is 0 Å². The van der Waals surface area contributed by atoms with Crippen LogP contribution in [0.4, 0.5) is 0 Å². The molecule has 1 N–H and O–H groups in total. The predicted octanol–water partition coefficient (Wildman–Crippen LogP) is 3.29. The number of fused-ring (bicyclic) bond motifs is 1. The van der Waals surface area contributed by atoms with Crippen molar-refractivity contribution in [3.05, 3.63) is 65.4 Å². The first-order chi connectivity index (χ1) is 15.4. The van der Waals surface area contributed by atoms with E-state index in [9.17, 15) is 14.4 Å². The monoisotopic (exact) mass is 433 g/mol. The van der Waals surface area contributed by atoms with E-state index in [0.717, 1.165) is 13.1 Å². The number of aromatic nitrogens is 1. The maximum atomic E-state index is 13.4. The number of carbonyl (C=O) groups excluding carboxylic acids is 3. The van der Waals surface area contributed by atoms with Gasteiger partial charge in [-0.15, -0.1) is 0 Å². The number of ether oxygens (including phenoxy) is 1. The van der Waals surface area contributed by atoms with Gasteiger partial charge in [-0.2, -0.15) is 0 Å². The zero-order valence-electron chi connectivity index (χ0n) is 18.6. The fraction of sp³-hybridized carbons (Fsp3) is 0.320. The van der Waals surface area contributed by atoms with Crippen LogP contribution in [0.2, 0.25) is 0 Å². The van der Waals surface area contributed by atoms with Gasteiger partial charge in [0.2, 0.25) is 5.78 Å². The molecule has 0 radical (unpaired) electrons. The van der Waals surface area contributed by atoms with Gasteiger partial charge in [-0.05, 0) is 18.6 Å². The van der Waals surface area contributed by atoms with Crippen molar-refractivity contribution < 1.29 is 19.1 Å². The largest absolute Gasteiger partial charge is 0.496 e. The van der Waals surface area contributed by atoms with Crippen LogP contribution in [-0.2, 0) is 11.3 Å². The van der Waals surface area contributed by atoms with Crippen LogP contribution in [0.1, 0.15) is 40.1 Å². The van der Waals surface area contributed by atoms with Gasteiger partial charge < -0.3 is 14.6 Å². The lowest BCUT2D eigenvalue weighted by molar-refractivity contribution is -0.113. The summed E-state index contributed by atoms with van der Waals surface area (Å²) in [5.74, 6) is -0.830. The molecule has 1 aliphatic heterocycles. The van der Waals surface area contributed by atoms with Crippen molar-refractivity contribution in [2.24, 2.45) is 0 Å². The normalized spacial score (nSPS) is 16.8. The van der Waals surface area contributed by atoms with E-state index in [1.54, 1.807) is 12.1 Å². The molecule has 1 fully saturated rings. The number of amides is 1. The molecule has 1 amide bonds. The number of nitrogens with one attached hydrogen (secondary N) is 1. The van der Waals surface area contributed by atoms with Crippen LogP contribution in [0.25, 0.3) is 10.9 Å². The number of benzene rings is 2. The number of H-pyrrole nitrogens is 1. The van der Waals surface area contributed by atoms with Gasteiger partial charge in [0.1, 0.15) is 5.75 Å². The quantitative estimate of drug-likeness (QED) is 0.476. The number of aromatic amines is 1. The molecular weight excluding hydrogens is 406 g/mol. The number of Topliss-reactive ketones (excluding diaryl/α,β-unsaturated/α-hetero) is 2. The minimum absolute atomic E-state index is 0.141. The van der Waals surface area contributed by atoms with Crippen LogP contribution in [0, 0.1) is 0 Å². The summed E-state index contributed by atoms with van der Waals surface area (Å²) in [6, 6.07) is 13.9. The van der Waals surface area contributed by atoms with Crippen molar-refractivity contribution in [3.8, 4) is 5.75 Å². The Hall–Kier alpha value is -3.45. The maximum absolute atomic E-state index is 13.4. The summed E-state index contributed by atoms with van der Waals surface area (Å²) < 4.78 is 5.48. The standard InChI is InChI=1S/C25H27N3O4/c1-16-14-28(10-9-27(16)15-18-7-5-4-6-8-18)25(31)20-11-19-21(24(30)17(2)29)13-26-22(19)12-23(20)32-3/h4-8,11-13,16,26H,9-10,14-15H2,1-3H3. The third kappa shape index (κ3) is 4.16. The molecule has 1 saturated heterocycles. The van der Waals surface area contributed by atoms with E-state index in [0.29, 0.717) is 35.3 Å². The molecule has 4 rings (SSSR count). The Labute approximate surface area is 187 Å². The first-order valence-corrected chi connectivity index (χ1v) is 10.7. The number of piperazine rings is 1. The van der Waals surface area contributed by atoms with Crippen molar-refractivity contribution in [1.82, 2.24) is 14.8 Å². The molecule has 7 heteroatoms. The van der Waals surface area contributed by atoms with Crippen LogP contribution in [0.5, 0.6) is 5.75 Å². The SMILES string of the molecule is COc1cc2[nH]cc(C(=O)C(C)=O)c2cc1C(=O)N1CCN(Cc2ccccc2)C(C)C1. The summed E-state index contributed by atoms with van der Waals surface area (Å²) in [4.78, 5) is 44.5. The summed E-state index contributed by atoms with van der Waals surface area (Å²) in [7, 11) is 1.52. The van der Waals surface area contributed by atoms with Gasteiger partial charge in [-0.3, -0.25) is 19.3 Å². The lowest BCUT2D eigenvalue weighted by Gasteiger charge is -2.40. The zero-order chi connectivity index (χ0) is 22.8. The van der Waals surface area contributed by atoms with E-state index in [1.165, 1.54) is 25.8 Å². The molecule has 32 heavy (non-hydrogen) atoms. The summed E-state index contributed by atoms with van der Waals surface area (Å²) in [5, 5.41) is 0.546. The molecule has 166 valence electrons. The molecule has 1 aromatic heterocycles. The fourth-order valence-corrected chi connectivity index (χ4v) is 4.27. The van der Waals surface area contributed by atoms with Gasteiger partial charge in [0, 0.05) is 62.3 Å². The third-order valence-electron chi connectivity index (χ3n) is 6.08. The van der Waals surface area contributed by atoms with Crippen molar-refractivity contribution >= 4 is 28.4 Å². The van der Waals surface area contributed by atoms with Crippen molar-refractivity contribution in [1.29, 1.82) is 0 Å². The van der Waals surface area contributed by atoms with Crippen molar-refractivity contribution in [3.63, 3.8) is 0 Å². The lowest BCUT2D eigenvalue weighted by Crippen LogP contribution is -2.53. The molecule has 1 atom stereocenters. The average molecular weight is 434 g/mol. The molecule has 3 aromatic rings. The summed E-state index contributed by atoms with van der Waals surface area (Å²) in [6.07, 6.45) is 1.51. The second kappa shape index (κ2) is 8.96. The van der Waals surface area contributed by atoms with Crippen molar-refractivity contribution in [2.75, 3.05) is 26.7 Å². The van der Waals surface area contributed by atoms with Gasteiger partial charge >= 0.3 is 0 Å². The number of carbonyl (C=O) groups is 3. The molecule has 2 aromatic carbocycles. The smallest absolute Gasteiger partial charge is 0.257 e. The van der Waals surface area contributed by atoms with Crippen LogP contribution >= 0.6 is 0 Å². The Morgan fingerprint density at radius 3 is 2.50 bits per heavy atom. The van der Waals surface area contributed by atoms with Gasteiger partial charge in [-0.1, -0.05) is 30.3 Å². The van der Waals surface area contributed by atoms with E-state index in [1.807, 2.05) is 23.1 Å². The molecule has 0 saturated carbocycles. The van der Waals surface area contributed by atoms with Crippen LogP contribution < -0.4 is 4.74 Å². The minimum Gasteiger partial charge on any atom is -0.496 e. The minimum atomic E-state index is -0.581. The summed E-state index contributed by atoms with van der Waals surface area (Å²) in [5.41, 5.74) is 2.55. The Kier molecular flexibility index (Phi) is 6.10. The van der Waals surface area contributed by atoms with Gasteiger partial charge in [0.25, 0.3) is 5.91 Å². The molecule has 1 aliphatic rings. The summed E-state index contributed by atoms with van der Waals surface area (Å²) >= 11 is 0. The number of rotatable bonds is 6. The average Bonchev–Trinajstić information content (AvgIpc) is 3.21. The zero-order valence-corrected chi connectivity index (χ0v) is 18.6. The Bertz CT molecular complexity index is 1170. The lowest BCUT2D eigenvalue weighted by atomic mass is 10.0. The van der Waals surface area contributed by atoms with Crippen LogP contribution in [0.15, 0.2) is 48.7 Å². The first kappa shape index (κ1) is 21.8. The number of hydrogen-bond acceptors (Lipinski definition) is 5. The topological polar surface area (TPSA) is 82.7 Å². The molecule has 1 unspecified atom stereocenters. The highest BCUT2D eigenvalue weighted by atomic mass is 16.5. The van der Waals surface area contributed by atoms with Crippen LogP contribution in [-0.4, -0.2) is 65.0 Å². The second-order valence-electron chi connectivity index (χ2n) is 8.24. The highest BCUT2D eigenvalue weighted by molar-refractivity contribution is 6.45. The number of nitrogens with zero attached hydrogens (tertiary/aromatic N) is 2. The van der Waals surface area contributed by atoms with E-state index >= 15 is 0 Å². The highest BCUT2D eigenvalue weighted by Gasteiger charge is 2.29. The van der Waals surface area contributed by atoms with E-state index in [4.69, 9.17) is 4.74 Å². The molecular formula is C25H27N3O4. The Morgan fingerprint density at radius 2 is 1.84 bits per heavy atom. The fourth-order valence-electron chi connectivity index (χ4n) is 4.27. The Morgan fingerprint density at radius 1 is 1.09 bits per heavy atom. The number of ketones is 2. The number of hydrogen-bond donors (Lipinski definition) is 1. The Balaban J connectivity index is 1.57. The molecule has 2 heterocycles. The molecule has 7 nitrogen and oxygen atoms in total. The molecule has 0 aliphatic carbocycles. The number of methoxy groups -OCH3 is 1. The highest BCUT2D eigenvalue weighted by Crippen LogP contribution is 2.30. The maximum Gasteiger partial charge on any atom is 0.257 e. The van der Waals surface area contributed by atoms with E-state index in [2.05, 4.69) is 28.9 Å². The molecule has 0 spiro atoms. The van der Waals surface area contributed by atoms with E-state index < -0.39 is 11.6 Å².